The minimum atomic E-state index is -3.86. The highest BCUT2D eigenvalue weighted by Crippen LogP contribution is 2.31. The van der Waals surface area contributed by atoms with Crippen LogP contribution in [0.15, 0.2) is 59.6 Å². The van der Waals surface area contributed by atoms with Crippen LogP contribution in [-0.2, 0) is 19.6 Å². The van der Waals surface area contributed by atoms with Crippen molar-refractivity contribution in [3.8, 4) is 0 Å². The van der Waals surface area contributed by atoms with Gasteiger partial charge in [0.25, 0.3) is 5.91 Å². The van der Waals surface area contributed by atoms with Gasteiger partial charge in [0.1, 0.15) is 10.7 Å². The molecule has 3 aromatic rings. The average molecular weight is 447 g/mol. The van der Waals surface area contributed by atoms with E-state index in [9.17, 15) is 18.0 Å². The smallest absolute Gasteiger partial charge is 0.356 e. The molecule has 0 aliphatic heterocycles. The van der Waals surface area contributed by atoms with Crippen LogP contribution in [0.5, 0.6) is 0 Å². The topological polar surface area (TPSA) is 94.5 Å². The van der Waals surface area contributed by atoms with Crippen molar-refractivity contribution >= 4 is 56.2 Å². The fourth-order valence-corrected chi connectivity index (χ4v) is 4.20. The molecule has 1 amide bonds. The zero-order valence-electron chi connectivity index (χ0n) is 16.3. The van der Waals surface area contributed by atoms with Gasteiger partial charge in [-0.2, -0.15) is 0 Å². The Bertz CT molecular complexity index is 1250. The monoisotopic (exact) mass is 446 g/mol. The Morgan fingerprint density at radius 3 is 2.37 bits per heavy atom. The van der Waals surface area contributed by atoms with Gasteiger partial charge >= 0.3 is 5.97 Å². The predicted molar refractivity (Wildman–Crippen MR) is 117 cm³/mol. The van der Waals surface area contributed by atoms with Crippen molar-refractivity contribution in [1.82, 2.24) is 3.97 Å². The molecule has 0 radical (unpaired) electrons. The largest absolute Gasteiger partial charge is 0.461 e. The number of carbonyl (C=O) groups is 2. The summed E-state index contributed by atoms with van der Waals surface area (Å²) < 4.78 is 30.9. The number of anilines is 1. The van der Waals surface area contributed by atoms with E-state index in [1.807, 2.05) is 0 Å². The molecule has 0 atom stereocenters. The summed E-state index contributed by atoms with van der Waals surface area (Å²) in [6.07, 6.45) is 2.26. The van der Waals surface area contributed by atoms with Gasteiger partial charge in [-0.3, -0.25) is 4.79 Å². The number of para-hydroxylation sites is 2. The van der Waals surface area contributed by atoms with Crippen LogP contribution >= 0.6 is 11.6 Å². The Hall–Kier alpha value is -3.10. The fourth-order valence-electron chi connectivity index (χ4n) is 3.02. The number of esters is 1. The van der Waals surface area contributed by atoms with Gasteiger partial charge in [0.15, 0.2) is 0 Å². The molecule has 0 fully saturated rings. The van der Waals surface area contributed by atoms with Gasteiger partial charge in [0.2, 0.25) is 10.0 Å². The highest BCUT2D eigenvalue weighted by Gasteiger charge is 2.28. The average Bonchev–Trinajstić information content (AvgIpc) is 3.03. The molecule has 0 aliphatic carbocycles. The number of carbonyl (C=O) groups excluding carboxylic acids is 2. The van der Waals surface area contributed by atoms with Crippen LogP contribution in [0, 0.1) is 0 Å². The second-order valence-corrected chi connectivity index (χ2v) is 8.58. The minimum absolute atomic E-state index is 0.0511. The third-order valence-corrected chi connectivity index (χ3v) is 5.51. The van der Waals surface area contributed by atoms with Crippen molar-refractivity contribution in [2.75, 3.05) is 18.2 Å². The van der Waals surface area contributed by atoms with E-state index in [1.165, 1.54) is 6.08 Å². The molecular weight excluding hydrogens is 428 g/mol. The summed E-state index contributed by atoms with van der Waals surface area (Å²) in [5, 5.41) is 2.86. The van der Waals surface area contributed by atoms with Crippen LogP contribution < -0.4 is 5.32 Å². The molecule has 0 saturated carbocycles. The molecule has 3 rings (SSSR count). The van der Waals surface area contributed by atoms with Crippen LogP contribution in [0.3, 0.4) is 0 Å². The molecule has 1 heterocycles. The van der Waals surface area contributed by atoms with Crippen molar-refractivity contribution < 1.29 is 22.7 Å². The fraction of sp³-hybridized carbons (Fsp3) is 0.143. The number of nitrogens with zero attached hydrogens (tertiary/aromatic N) is 1. The second-order valence-electron chi connectivity index (χ2n) is 6.34. The molecule has 1 N–H and O–H groups in total. The first kappa shape index (κ1) is 21.6. The first-order valence-corrected chi connectivity index (χ1v) is 11.2. The lowest BCUT2D eigenvalue weighted by molar-refractivity contribution is -0.112. The highest BCUT2D eigenvalue weighted by atomic mass is 35.5. The Labute approximate surface area is 179 Å². The standard InChI is InChI=1S/C21H19ClN2O5S/c1-3-29-21(26)19-16(13-17(22)20(25)23-14-9-5-4-6-10-14)15-11-7-8-12-18(15)24(19)30(2,27)28/h4-13H,3H2,1-2H3,(H,23,25)/b17-13-. The summed E-state index contributed by atoms with van der Waals surface area (Å²) in [6, 6.07) is 15.3. The molecule has 0 spiro atoms. The van der Waals surface area contributed by atoms with Crippen molar-refractivity contribution in [3.05, 3.63) is 70.9 Å². The highest BCUT2D eigenvalue weighted by molar-refractivity contribution is 7.89. The number of hydrogen-bond donors (Lipinski definition) is 1. The molecular formula is C21H19ClN2O5S. The number of ether oxygens (including phenoxy) is 1. The molecule has 0 saturated heterocycles. The number of nitrogens with one attached hydrogen (secondary N) is 1. The molecule has 9 heteroatoms. The summed E-state index contributed by atoms with van der Waals surface area (Å²) in [6.45, 7) is 1.66. The number of fused-ring (bicyclic) bond motifs is 1. The Balaban J connectivity index is 2.19. The van der Waals surface area contributed by atoms with Crippen LogP contribution in [-0.4, -0.2) is 37.1 Å². The summed E-state index contributed by atoms with van der Waals surface area (Å²) >= 11 is 6.23. The quantitative estimate of drug-likeness (QED) is 0.458. The third kappa shape index (κ3) is 4.39. The summed E-state index contributed by atoms with van der Waals surface area (Å²) in [5.74, 6) is -1.44. The summed E-state index contributed by atoms with van der Waals surface area (Å²) in [4.78, 5) is 25.2. The van der Waals surface area contributed by atoms with Gasteiger partial charge in [0, 0.05) is 16.6 Å². The van der Waals surface area contributed by atoms with E-state index in [-0.39, 0.29) is 28.4 Å². The maximum Gasteiger partial charge on any atom is 0.356 e. The van der Waals surface area contributed by atoms with E-state index in [2.05, 4.69) is 5.32 Å². The van der Waals surface area contributed by atoms with Crippen molar-refractivity contribution in [1.29, 1.82) is 0 Å². The first-order chi connectivity index (χ1) is 14.2. The molecule has 2 aromatic carbocycles. The number of benzene rings is 2. The number of rotatable bonds is 6. The number of halogens is 1. The first-order valence-electron chi connectivity index (χ1n) is 8.98. The summed E-state index contributed by atoms with van der Waals surface area (Å²) in [7, 11) is -3.86. The van der Waals surface area contributed by atoms with Crippen molar-refractivity contribution in [2.24, 2.45) is 0 Å². The number of amides is 1. The third-order valence-electron chi connectivity index (χ3n) is 4.19. The lowest BCUT2D eigenvalue weighted by atomic mass is 10.1. The second kappa shape index (κ2) is 8.73. The van der Waals surface area contributed by atoms with E-state index in [4.69, 9.17) is 16.3 Å². The van der Waals surface area contributed by atoms with Crippen molar-refractivity contribution in [2.45, 2.75) is 6.92 Å². The minimum Gasteiger partial charge on any atom is -0.461 e. The van der Waals surface area contributed by atoms with Gasteiger partial charge in [-0.15, -0.1) is 0 Å². The Morgan fingerprint density at radius 2 is 1.73 bits per heavy atom. The molecule has 7 nitrogen and oxygen atoms in total. The molecule has 0 unspecified atom stereocenters. The summed E-state index contributed by atoms with van der Waals surface area (Å²) in [5.41, 5.74) is 0.786. The molecule has 156 valence electrons. The Kier molecular flexibility index (Phi) is 6.28. The van der Waals surface area contributed by atoms with Crippen LogP contribution in [0.25, 0.3) is 17.0 Å². The van der Waals surface area contributed by atoms with Gasteiger partial charge in [-0.25, -0.2) is 17.2 Å². The van der Waals surface area contributed by atoms with Crippen LogP contribution in [0.2, 0.25) is 0 Å². The normalized spacial score (nSPS) is 12.0. The lowest BCUT2D eigenvalue weighted by Crippen LogP contribution is -2.19. The van der Waals surface area contributed by atoms with E-state index in [0.717, 1.165) is 10.2 Å². The number of aromatic nitrogens is 1. The Morgan fingerprint density at radius 1 is 1.10 bits per heavy atom. The van der Waals surface area contributed by atoms with Gasteiger partial charge in [0.05, 0.1) is 18.4 Å². The van der Waals surface area contributed by atoms with Gasteiger partial charge in [-0.1, -0.05) is 48.0 Å². The zero-order valence-corrected chi connectivity index (χ0v) is 17.8. The molecule has 0 aliphatic rings. The molecule has 30 heavy (non-hydrogen) atoms. The van der Waals surface area contributed by atoms with E-state index in [1.54, 1.807) is 61.5 Å². The van der Waals surface area contributed by atoms with Crippen LogP contribution in [0.1, 0.15) is 23.0 Å². The SMILES string of the molecule is CCOC(=O)c1c(/C=C(\Cl)C(=O)Nc2ccccc2)c2ccccc2n1S(C)(=O)=O. The predicted octanol–water partition coefficient (Wildman–Crippen LogP) is 3.84. The van der Waals surface area contributed by atoms with Crippen LogP contribution in [0.4, 0.5) is 5.69 Å². The van der Waals surface area contributed by atoms with Crippen molar-refractivity contribution in [3.63, 3.8) is 0 Å². The maximum absolute atomic E-state index is 12.7. The maximum atomic E-state index is 12.7. The lowest BCUT2D eigenvalue weighted by Gasteiger charge is -2.09. The van der Waals surface area contributed by atoms with Gasteiger partial charge in [-0.05, 0) is 31.2 Å². The number of hydrogen-bond acceptors (Lipinski definition) is 5. The van der Waals surface area contributed by atoms with E-state index >= 15 is 0 Å². The molecule has 0 bridgehead atoms. The zero-order chi connectivity index (χ0) is 21.9. The van der Waals surface area contributed by atoms with Gasteiger partial charge < -0.3 is 10.1 Å². The van der Waals surface area contributed by atoms with E-state index in [0.29, 0.717) is 11.1 Å². The van der Waals surface area contributed by atoms with E-state index < -0.39 is 21.9 Å². The molecule has 1 aromatic heterocycles.